The zero-order valence-corrected chi connectivity index (χ0v) is 11.6. The lowest BCUT2D eigenvalue weighted by atomic mass is 9.96. The summed E-state index contributed by atoms with van der Waals surface area (Å²) in [6, 6.07) is 23.6. The fourth-order valence-corrected chi connectivity index (χ4v) is 3.76. The monoisotopic (exact) mass is 264 g/mol. The SMILES string of the molecule is c1ccc(C(c2ccccc2)N2C[C@H]3C[C@@H]2CN3)cc1. The van der Waals surface area contributed by atoms with Crippen molar-refractivity contribution in [1.82, 2.24) is 10.2 Å². The standard InChI is InChI=1S/C18H20N2/c1-3-7-14(8-4-1)18(15-9-5-2-6-10-15)20-13-16-11-17(20)12-19-16/h1-10,16-19H,11-13H2/t16-,17-/m1/s1. The average Bonchev–Trinajstić information content (AvgIpc) is 3.13. The summed E-state index contributed by atoms with van der Waals surface area (Å²) < 4.78 is 0. The molecule has 2 aliphatic rings. The van der Waals surface area contributed by atoms with Gasteiger partial charge in [-0.25, -0.2) is 0 Å². The van der Waals surface area contributed by atoms with E-state index in [0.717, 1.165) is 6.54 Å². The van der Waals surface area contributed by atoms with Crippen LogP contribution in [0.15, 0.2) is 60.7 Å². The molecule has 2 fully saturated rings. The highest BCUT2D eigenvalue weighted by molar-refractivity contribution is 5.32. The summed E-state index contributed by atoms with van der Waals surface area (Å²) in [7, 11) is 0. The molecule has 0 spiro atoms. The molecule has 0 aliphatic carbocycles. The van der Waals surface area contributed by atoms with Gasteiger partial charge in [0.05, 0.1) is 6.04 Å². The van der Waals surface area contributed by atoms with Crippen LogP contribution in [0.4, 0.5) is 0 Å². The highest BCUT2D eigenvalue weighted by Gasteiger charge is 2.41. The van der Waals surface area contributed by atoms with Crippen molar-refractivity contribution in [3.05, 3.63) is 71.8 Å². The minimum absolute atomic E-state index is 0.398. The molecular weight excluding hydrogens is 244 g/mol. The van der Waals surface area contributed by atoms with E-state index in [1.807, 2.05) is 0 Å². The molecule has 0 saturated carbocycles. The van der Waals surface area contributed by atoms with Crippen LogP contribution in [0.2, 0.25) is 0 Å². The maximum absolute atomic E-state index is 3.60. The van der Waals surface area contributed by atoms with Gasteiger partial charge in [0.1, 0.15) is 0 Å². The van der Waals surface area contributed by atoms with E-state index in [1.165, 1.54) is 24.1 Å². The molecule has 0 amide bonds. The number of rotatable bonds is 3. The lowest BCUT2D eigenvalue weighted by Gasteiger charge is -2.35. The Bertz CT molecular complexity index is 527. The summed E-state index contributed by atoms with van der Waals surface area (Å²) in [5.41, 5.74) is 2.82. The van der Waals surface area contributed by atoms with Crippen molar-refractivity contribution in [3.8, 4) is 0 Å². The minimum atomic E-state index is 0.398. The van der Waals surface area contributed by atoms with E-state index in [2.05, 4.69) is 70.9 Å². The summed E-state index contributed by atoms with van der Waals surface area (Å²) in [5.74, 6) is 0. The van der Waals surface area contributed by atoms with Gasteiger partial charge in [-0.1, -0.05) is 60.7 Å². The van der Waals surface area contributed by atoms with Gasteiger partial charge in [-0.3, -0.25) is 4.90 Å². The van der Waals surface area contributed by atoms with Crippen molar-refractivity contribution in [2.45, 2.75) is 24.5 Å². The molecule has 2 atom stereocenters. The summed E-state index contributed by atoms with van der Waals surface area (Å²) in [6.07, 6.45) is 1.30. The molecule has 102 valence electrons. The highest BCUT2D eigenvalue weighted by Crippen LogP contribution is 2.36. The van der Waals surface area contributed by atoms with Crippen molar-refractivity contribution in [2.24, 2.45) is 0 Å². The summed E-state index contributed by atoms with van der Waals surface area (Å²) >= 11 is 0. The van der Waals surface area contributed by atoms with E-state index in [1.54, 1.807) is 0 Å². The molecule has 2 saturated heterocycles. The molecule has 1 N–H and O–H groups in total. The molecule has 20 heavy (non-hydrogen) atoms. The molecule has 2 nitrogen and oxygen atoms in total. The smallest absolute Gasteiger partial charge is 0.0605 e. The van der Waals surface area contributed by atoms with Crippen LogP contribution in [0.3, 0.4) is 0 Å². The molecular formula is C18H20N2. The maximum Gasteiger partial charge on any atom is 0.0605 e. The van der Waals surface area contributed by atoms with E-state index in [9.17, 15) is 0 Å². The van der Waals surface area contributed by atoms with E-state index < -0.39 is 0 Å². The number of piperazine rings is 1. The number of nitrogens with one attached hydrogen (secondary N) is 1. The highest BCUT2D eigenvalue weighted by atomic mass is 15.3. The van der Waals surface area contributed by atoms with Crippen LogP contribution in [-0.2, 0) is 0 Å². The Morgan fingerprint density at radius 2 is 1.50 bits per heavy atom. The first-order valence-corrected chi connectivity index (χ1v) is 7.51. The second-order valence-electron chi connectivity index (χ2n) is 5.92. The van der Waals surface area contributed by atoms with Gasteiger partial charge in [-0.05, 0) is 17.5 Å². The summed E-state index contributed by atoms with van der Waals surface area (Å²) in [5, 5.41) is 3.60. The Morgan fingerprint density at radius 1 is 0.900 bits per heavy atom. The first-order valence-electron chi connectivity index (χ1n) is 7.51. The molecule has 2 heterocycles. The van der Waals surface area contributed by atoms with E-state index in [4.69, 9.17) is 0 Å². The van der Waals surface area contributed by atoms with Gasteiger partial charge < -0.3 is 5.32 Å². The zero-order valence-electron chi connectivity index (χ0n) is 11.6. The molecule has 2 bridgehead atoms. The quantitative estimate of drug-likeness (QED) is 0.917. The van der Waals surface area contributed by atoms with E-state index in [0.29, 0.717) is 18.1 Å². The van der Waals surface area contributed by atoms with Crippen molar-refractivity contribution >= 4 is 0 Å². The predicted octanol–water partition coefficient (Wildman–Crippen LogP) is 2.82. The van der Waals surface area contributed by atoms with Crippen LogP contribution < -0.4 is 5.32 Å². The normalized spacial score (nSPS) is 25.4. The Morgan fingerprint density at radius 3 is 1.95 bits per heavy atom. The zero-order chi connectivity index (χ0) is 13.4. The molecule has 2 heteroatoms. The average molecular weight is 264 g/mol. The topological polar surface area (TPSA) is 15.3 Å². The second kappa shape index (κ2) is 5.04. The molecule has 0 radical (unpaired) electrons. The van der Waals surface area contributed by atoms with Crippen molar-refractivity contribution in [3.63, 3.8) is 0 Å². The molecule has 0 aromatic heterocycles. The lowest BCUT2D eigenvalue weighted by molar-refractivity contribution is 0.183. The fourth-order valence-electron chi connectivity index (χ4n) is 3.76. The largest absolute Gasteiger partial charge is 0.311 e. The number of hydrogen-bond acceptors (Lipinski definition) is 2. The third kappa shape index (κ3) is 2.05. The second-order valence-corrected chi connectivity index (χ2v) is 5.92. The maximum atomic E-state index is 3.60. The predicted molar refractivity (Wildman–Crippen MR) is 81.6 cm³/mol. The minimum Gasteiger partial charge on any atom is -0.311 e. The van der Waals surface area contributed by atoms with Crippen LogP contribution in [0, 0.1) is 0 Å². The third-order valence-electron chi connectivity index (χ3n) is 4.66. The number of fused-ring (bicyclic) bond motifs is 2. The Labute approximate surface area is 120 Å². The molecule has 2 aromatic rings. The van der Waals surface area contributed by atoms with Gasteiger partial charge in [0.25, 0.3) is 0 Å². The van der Waals surface area contributed by atoms with Crippen LogP contribution in [0.25, 0.3) is 0 Å². The number of benzene rings is 2. The molecule has 0 unspecified atom stereocenters. The molecule has 2 aliphatic heterocycles. The number of nitrogens with zero attached hydrogens (tertiary/aromatic N) is 1. The van der Waals surface area contributed by atoms with Gasteiger partial charge >= 0.3 is 0 Å². The van der Waals surface area contributed by atoms with E-state index in [-0.39, 0.29) is 0 Å². The summed E-state index contributed by atoms with van der Waals surface area (Å²) in [6.45, 7) is 2.31. The third-order valence-corrected chi connectivity index (χ3v) is 4.66. The first-order chi connectivity index (χ1) is 9.92. The Balaban J connectivity index is 1.74. The van der Waals surface area contributed by atoms with Crippen LogP contribution in [-0.4, -0.2) is 30.1 Å². The summed E-state index contributed by atoms with van der Waals surface area (Å²) in [4.78, 5) is 2.69. The Kier molecular flexibility index (Phi) is 3.06. The van der Waals surface area contributed by atoms with Crippen LogP contribution >= 0.6 is 0 Å². The van der Waals surface area contributed by atoms with Crippen LogP contribution in [0.5, 0.6) is 0 Å². The van der Waals surface area contributed by atoms with Gasteiger partial charge in [0, 0.05) is 25.2 Å². The van der Waals surface area contributed by atoms with Crippen molar-refractivity contribution in [2.75, 3.05) is 13.1 Å². The lowest BCUT2D eigenvalue weighted by Crippen LogP contribution is -2.45. The molecule has 4 rings (SSSR count). The molecule has 2 aromatic carbocycles. The van der Waals surface area contributed by atoms with Crippen molar-refractivity contribution < 1.29 is 0 Å². The van der Waals surface area contributed by atoms with E-state index >= 15 is 0 Å². The van der Waals surface area contributed by atoms with Gasteiger partial charge in [0.2, 0.25) is 0 Å². The Hall–Kier alpha value is -1.64. The van der Waals surface area contributed by atoms with Gasteiger partial charge in [0.15, 0.2) is 0 Å². The van der Waals surface area contributed by atoms with Crippen LogP contribution in [0.1, 0.15) is 23.6 Å². The first kappa shape index (κ1) is 12.1. The van der Waals surface area contributed by atoms with Crippen molar-refractivity contribution in [1.29, 1.82) is 0 Å². The number of hydrogen-bond donors (Lipinski definition) is 1. The van der Waals surface area contributed by atoms with Gasteiger partial charge in [-0.15, -0.1) is 0 Å². The van der Waals surface area contributed by atoms with Gasteiger partial charge in [-0.2, -0.15) is 0 Å². The number of likely N-dealkylation sites (tertiary alicyclic amines) is 1. The fraction of sp³-hybridized carbons (Fsp3) is 0.333.